The van der Waals surface area contributed by atoms with Gasteiger partial charge in [-0.25, -0.2) is 4.98 Å². The molecule has 1 atom stereocenters. The highest BCUT2D eigenvalue weighted by Crippen LogP contribution is 2.30. The Morgan fingerprint density at radius 1 is 1.11 bits per heavy atom. The van der Waals surface area contributed by atoms with E-state index in [0.29, 0.717) is 28.2 Å². The predicted octanol–water partition coefficient (Wildman–Crippen LogP) is 5.43. The SMILES string of the molecule is C=CCn1c(SCC(=O)Nc2nc(-c3ccccc3)c(C)s2)nnc1[C@@H](C)NC(=O)c1ccccc1C. The normalized spacial score (nSPS) is 11.6. The monoisotopic (exact) mass is 532 g/mol. The van der Waals surface area contributed by atoms with Gasteiger partial charge >= 0.3 is 0 Å². The summed E-state index contributed by atoms with van der Waals surface area (Å²) in [6, 6.07) is 16.9. The van der Waals surface area contributed by atoms with Gasteiger partial charge in [0.1, 0.15) is 0 Å². The number of hydrogen-bond acceptors (Lipinski definition) is 7. The summed E-state index contributed by atoms with van der Waals surface area (Å²) < 4.78 is 1.86. The molecule has 2 amide bonds. The third-order valence-corrected chi connectivity index (χ3v) is 7.46. The topological polar surface area (TPSA) is 102 Å². The lowest BCUT2D eigenvalue weighted by molar-refractivity contribution is -0.113. The molecule has 190 valence electrons. The van der Waals surface area contributed by atoms with Crippen LogP contribution in [0.15, 0.2) is 72.4 Å². The molecule has 0 aliphatic rings. The summed E-state index contributed by atoms with van der Waals surface area (Å²) in [6.45, 7) is 10.0. The molecule has 0 unspecified atom stereocenters. The average molecular weight is 533 g/mol. The van der Waals surface area contributed by atoms with Crippen molar-refractivity contribution in [2.24, 2.45) is 0 Å². The van der Waals surface area contributed by atoms with Crippen LogP contribution in [0.4, 0.5) is 5.13 Å². The van der Waals surface area contributed by atoms with E-state index in [4.69, 9.17) is 0 Å². The fourth-order valence-electron chi connectivity index (χ4n) is 3.79. The van der Waals surface area contributed by atoms with Crippen molar-refractivity contribution in [3.63, 3.8) is 0 Å². The Labute approximate surface area is 224 Å². The third-order valence-electron chi connectivity index (χ3n) is 5.60. The number of carbonyl (C=O) groups excluding carboxylic acids is 2. The Morgan fingerprint density at radius 2 is 1.84 bits per heavy atom. The van der Waals surface area contributed by atoms with Crippen LogP contribution in [0.3, 0.4) is 0 Å². The summed E-state index contributed by atoms with van der Waals surface area (Å²) in [6.07, 6.45) is 1.73. The standard InChI is InChI=1S/C27H28N6O2S2/c1-5-15-33-24(18(3)28-25(35)21-14-10-9-11-17(21)2)31-32-27(33)36-16-22(34)29-26-30-23(19(4)37-26)20-12-7-6-8-13-20/h5-14,18H,1,15-16H2,2-4H3,(H,28,35)(H,29,30,34)/t18-/m1/s1. The number of thiazole rings is 1. The Morgan fingerprint density at radius 3 is 2.57 bits per heavy atom. The molecule has 0 bridgehead atoms. The molecule has 0 spiro atoms. The molecule has 2 aromatic carbocycles. The van der Waals surface area contributed by atoms with Crippen molar-refractivity contribution in [1.82, 2.24) is 25.1 Å². The Balaban J connectivity index is 1.40. The number of carbonyl (C=O) groups is 2. The zero-order valence-electron chi connectivity index (χ0n) is 20.9. The quantitative estimate of drug-likeness (QED) is 0.209. The van der Waals surface area contributed by atoms with E-state index in [1.807, 2.05) is 73.9 Å². The van der Waals surface area contributed by atoms with Gasteiger partial charge < -0.3 is 15.2 Å². The summed E-state index contributed by atoms with van der Waals surface area (Å²) in [5, 5.41) is 15.6. The fourth-order valence-corrected chi connectivity index (χ4v) is 5.40. The lowest BCUT2D eigenvalue weighted by Gasteiger charge is -2.16. The minimum Gasteiger partial charge on any atom is -0.342 e. The van der Waals surface area contributed by atoms with Crippen LogP contribution in [0.5, 0.6) is 0 Å². The van der Waals surface area contributed by atoms with Crippen molar-refractivity contribution in [3.05, 3.63) is 89.1 Å². The van der Waals surface area contributed by atoms with Crippen molar-refractivity contribution in [1.29, 1.82) is 0 Å². The van der Waals surface area contributed by atoms with Gasteiger partial charge in [0.05, 0.1) is 17.5 Å². The Kier molecular flexibility index (Phi) is 8.52. The number of allylic oxidation sites excluding steroid dienone is 1. The van der Waals surface area contributed by atoms with Gasteiger partial charge in [0.15, 0.2) is 16.1 Å². The number of amides is 2. The van der Waals surface area contributed by atoms with E-state index in [1.165, 1.54) is 23.1 Å². The minimum atomic E-state index is -0.391. The number of rotatable bonds is 10. The lowest BCUT2D eigenvalue weighted by atomic mass is 10.1. The third kappa shape index (κ3) is 6.33. The number of hydrogen-bond donors (Lipinski definition) is 2. The van der Waals surface area contributed by atoms with E-state index in [9.17, 15) is 9.59 Å². The van der Waals surface area contributed by atoms with E-state index in [1.54, 1.807) is 12.1 Å². The average Bonchev–Trinajstić information content (AvgIpc) is 3.46. The van der Waals surface area contributed by atoms with Gasteiger partial charge in [0, 0.05) is 22.5 Å². The highest BCUT2D eigenvalue weighted by Gasteiger charge is 2.21. The van der Waals surface area contributed by atoms with Gasteiger partial charge in [0.25, 0.3) is 5.91 Å². The first kappa shape index (κ1) is 26.3. The smallest absolute Gasteiger partial charge is 0.252 e. The lowest BCUT2D eigenvalue weighted by Crippen LogP contribution is -2.29. The first-order valence-electron chi connectivity index (χ1n) is 11.7. The highest BCUT2D eigenvalue weighted by atomic mass is 32.2. The molecule has 10 heteroatoms. The van der Waals surface area contributed by atoms with Crippen molar-refractivity contribution in [2.75, 3.05) is 11.1 Å². The first-order chi connectivity index (χ1) is 17.9. The van der Waals surface area contributed by atoms with E-state index >= 15 is 0 Å². The Hall–Kier alpha value is -3.76. The number of nitrogens with zero attached hydrogens (tertiary/aromatic N) is 4. The molecular formula is C27H28N6O2S2. The molecule has 0 radical (unpaired) electrons. The van der Waals surface area contributed by atoms with Gasteiger partial charge in [-0.1, -0.05) is 66.4 Å². The molecule has 0 saturated carbocycles. The van der Waals surface area contributed by atoms with Crippen molar-refractivity contribution in [2.45, 2.75) is 38.5 Å². The van der Waals surface area contributed by atoms with E-state index in [0.717, 1.165) is 21.7 Å². The first-order valence-corrected chi connectivity index (χ1v) is 13.5. The molecule has 0 aliphatic heterocycles. The molecule has 8 nitrogen and oxygen atoms in total. The van der Waals surface area contributed by atoms with Crippen molar-refractivity contribution >= 4 is 40.0 Å². The zero-order chi connectivity index (χ0) is 26.4. The molecule has 0 fully saturated rings. The number of nitrogens with one attached hydrogen (secondary N) is 2. The largest absolute Gasteiger partial charge is 0.342 e. The summed E-state index contributed by atoms with van der Waals surface area (Å²) in [5.74, 6) is 0.362. The second-order valence-corrected chi connectivity index (χ2v) is 10.5. The van der Waals surface area contributed by atoms with E-state index in [-0.39, 0.29) is 17.6 Å². The Bertz CT molecular complexity index is 1410. The van der Waals surface area contributed by atoms with Crippen molar-refractivity contribution in [3.8, 4) is 11.3 Å². The summed E-state index contributed by atoms with van der Waals surface area (Å²) in [7, 11) is 0. The minimum absolute atomic E-state index is 0.137. The van der Waals surface area contributed by atoms with Crippen LogP contribution in [0.25, 0.3) is 11.3 Å². The van der Waals surface area contributed by atoms with Crippen LogP contribution in [-0.4, -0.2) is 37.3 Å². The molecule has 2 heterocycles. The molecule has 2 aromatic heterocycles. The van der Waals surface area contributed by atoms with Gasteiger partial charge in [-0.3, -0.25) is 9.59 Å². The van der Waals surface area contributed by atoms with Crippen LogP contribution in [0.2, 0.25) is 0 Å². The van der Waals surface area contributed by atoms with Crippen LogP contribution in [-0.2, 0) is 11.3 Å². The van der Waals surface area contributed by atoms with E-state index < -0.39 is 6.04 Å². The zero-order valence-corrected chi connectivity index (χ0v) is 22.5. The van der Waals surface area contributed by atoms with Crippen LogP contribution < -0.4 is 10.6 Å². The molecule has 0 saturated heterocycles. The number of aromatic nitrogens is 4. The molecule has 37 heavy (non-hydrogen) atoms. The maximum atomic E-state index is 12.8. The molecular weight excluding hydrogens is 504 g/mol. The van der Waals surface area contributed by atoms with Crippen LogP contribution in [0, 0.1) is 13.8 Å². The van der Waals surface area contributed by atoms with Gasteiger partial charge in [-0.2, -0.15) is 0 Å². The second-order valence-electron chi connectivity index (χ2n) is 8.38. The van der Waals surface area contributed by atoms with Crippen LogP contribution >= 0.6 is 23.1 Å². The van der Waals surface area contributed by atoms with Crippen LogP contribution in [0.1, 0.15) is 39.6 Å². The molecule has 4 rings (SSSR count). The number of anilines is 1. The fraction of sp³-hybridized carbons (Fsp3) is 0.222. The highest BCUT2D eigenvalue weighted by molar-refractivity contribution is 7.99. The maximum Gasteiger partial charge on any atom is 0.252 e. The van der Waals surface area contributed by atoms with Gasteiger partial charge in [0.2, 0.25) is 5.91 Å². The molecule has 0 aliphatic carbocycles. The summed E-state index contributed by atoms with van der Waals surface area (Å²) >= 11 is 2.72. The van der Waals surface area contributed by atoms with E-state index in [2.05, 4.69) is 32.4 Å². The van der Waals surface area contributed by atoms with Gasteiger partial charge in [-0.05, 0) is 32.4 Å². The van der Waals surface area contributed by atoms with Crippen molar-refractivity contribution < 1.29 is 9.59 Å². The number of aryl methyl sites for hydroxylation is 2. The molecule has 4 aromatic rings. The maximum absolute atomic E-state index is 12.8. The number of thioether (sulfide) groups is 1. The number of benzene rings is 2. The molecule has 2 N–H and O–H groups in total. The van der Waals surface area contributed by atoms with Gasteiger partial charge in [-0.15, -0.1) is 28.1 Å². The summed E-state index contributed by atoms with van der Waals surface area (Å²) in [5.41, 5.74) is 3.39. The second kappa shape index (κ2) is 12.0. The predicted molar refractivity (Wildman–Crippen MR) is 149 cm³/mol. The summed E-state index contributed by atoms with van der Waals surface area (Å²) in [4.78, 5) is 31.1.